The van der Waals surface area contributed by atoms with E-state index in [2.05, 4.69) is 5.32 Å². The molecule has 146 valence electrons. The Morgan fingerprint density at radius 2 is 1.68 bits per heavy atom. The fourth-order valence-corrected chi connectivity index (χ4v) is 3.03. The van der Waals surface area contributed by atoms with Crippen LogP contribution in [0.1, 0.15) is 13.8 Å². The Kier molecular flexibility index (Phi) is 6.50. The number of hydrogen-bond acceptors (Lipinski definition) is 3. The Labute approximate surface area is 165 Å². The second-order valence-electron chi connectivity index (χ2n) is 6.98. The Bertz CT molecular complexity index is 907. The smallest absolute Gasteiger partial charge is 0.322 e. The zero-order valence-corrected chi connectivity index (χ0v) is 16.2. The fourth-order valence-electron chi connectivity index (χ4n) is 3.03. The van der Waals surface area contributed by atoms with Crippen molar-refractivity contribution in [2.24, 2.45) is 0 Å². The van der Waals surface area contributed by atoms with Crippen molar-refractivity contribution >= 4 is 22.5 Å². The van der Waals surface area contributed by atoms with E-state index in [9.17, 15) is 9.90 Å². The van der Waals surface area contributed by atoms with Crippen LogP contribution in [0.5, 0.6) is 5.75 Å². The first-order valence-electron chi connectivity index (χ1n) is 9.46. The minimum atomic E-state index is -0.803. The molecule has 2 amide bonds. The van der Waals surface area contributed by atoms with Crippen LogP contribution in [-0.2, 0) is 0 Å². The maximum absolute atomic E-state index is 12.6. The van der Waals surface area contributed by atoms with Gasteiger partial charge in [0.2, 0.25) is 0 Å². The molecular weight excluding hydrogens is 352 g/mol. The van der Waals surface area contributed by atoms with Crippen LogP contribution in [0.3, 0.4) is 0 Å². The Morgan fingerprint density at radius 1 is 1.00 bits per heavy atom. The van der Waals surface area contributed by atoms with Crippen molar-refractivity contribution in [1.29, 1.82) is 0 Å². The molecule has 3 rings (SSSR count). The molecule has 1 unspecified atom stereocenters. The predicted molar refractivity (Wildman–Crippen MR) is 113 cm³/mol. The number of amides is 2. The number of ether oxygens (including phenoxy) is 1. The van der Waals surface area contributed by atoms with Gasteiger partial charge in [-0.25, -0.2) is 4.79 Å². The van der Waals surface area contributed by atoms with Crippen LogP contribution in [0.4, 0.5) is 10.5 Å². The SMILES string of the molecule is CC(C)N(CC(O)COc1cccc2ccccc12)C(=O)Nc1ccccc1. The lowest BCUT2D eigenvalue weighted by Gasteiger charge is -2.29. The molecule has 0 radical (unpaired) electrons. The highest BCUT2D eigenvalue weighted by Crippen LogP contribution is 2.25. The lowest BCUT2D eigenvalue weighted by molar-refractivity contribution is 0.0722. The van der Waals surface area contributed by atoms with E-state index in [1.54, 1.807) is 4.90 Å². The van der Waals surface area contributed by atoms with Gasteiger partial charge in [0.15, 0.2) is 0 Å². The lowest BCUT2D eigenvalue weighted by atomic mass is 10.1. The second kappa shape index (κ2) is 9.24. The summed E-state index contributed by atoms with van der Waals surface area (Å²) >= 11 is 0. The number of carbonyl (C=O) groups excluding carboxylic acids is 1. The van der Waals surface area contributed by atoms with E-state index in [1.807, 2.05) is 86.6 Å². The predicted octanol–water partition coefficient (Wildman–Crippen LogP) is 4.52. The number of nitrogens with zero attached hydrogens (tertiary/aromatic N) is 1. The van der Waals surface area contributed by atoms with Gasteiger partial charge in [-0.05, 0) is 37.4 Å². The molecule has 0 aromatic heterocycles. The molecule has 0 saturated carbocycles. The van der Waals surface area contributed by atoms with Crippen molar-refractivity contribution in [1.82, 2.24) is 4.90 Å². The van der Waals surface area contributed by atoms with E-state index in [4.69, 9.17) is 4.74 Å². The van der Waals surface area contributed by atoms with Crippen molar-refractivity contribution < 1.29 is 14.6 Å². The summed E-state index contributed by atoms with van der Waals surface area (Å²) < 4.78 is 5.85. The normalized spacial score (nSPS) is 12.0. The van der Waals surface area contributed by atoms with Crippen molar-refractivity contribution in [3.8, 4) is 5.75 Å². The monoisotopic (exact) mass is 378 g/mol. The van der Waals surface area contributed by atoms with Crippen LogP contribution in [0.2, 0.25) is 0 Å². The van der Waals surface area contributed by atoms with Crippen LogP contribution in [-0.4, -0.2) is 41.3 Å². The highest BCUT2D eigenvalue weighted by molar-refractivity contribution is 5.89. The van der Waals surface area contributed by atoms with Gasteiger partial charge in [0.25, 0.3) is 0 Å². The summed E-state index contributed by atoms with van der Waals surface area (Å²) in [7, 11) is 0. The number of fused-ring (bicyclic) bond motifs is 1. The molecule has 3 aromatic carbocycles. The van der Waals surface area contributed by atoms with Crippen LogP contribution in [0, 0.1) is 0 Å². The molecule has 28 heavy (non-hydrogen) atoms. The average Bonchev–Trinajstić information content (AvgIpc) is 2.70. The standard InChI is InChI=1S/C23H26N2O3/c1-17(2)25(23(27)24-19-11-4-3-5-12-19)15-20(26)16-28-22-14-8-10-18-9-6-7-13-21(18)22/h3-14,17,20,26H,15-16H2,1-2H3,(H,24,27). The molecule has 3 aromatic rings. The van der Waals surface area contributed by atoms with Gasteiger partial charge in [-0.3, -0.25) is 0 Å². The van der Waals surface area contributed by atoms with Gasteiger partial charge < -0.3 is 20.1 Å². The molecule has 5 nitrogen and oxygen atoms in total. The number of urea groups is 1. The fraction of sp³-hybridized carbons (Fsp3) is 0.261. The van der Waals surface area contributed by atoms with E-state index in [0.717, 1.165) is 22.2 Å². The third-order valence-electron chi connectivity index (χ3n) is 4.50. The molecule has 0 spiro atoms. The molecule has 1 atom stereocenters. The number of nitrogens with one attached hydrogen (secondary N) is 1. The summed E-state index contributed by atoms with van der Waals surface area (Å²) in [6, 6.07) is 22.8. The Hall–Kier alpha value is -3.05. The number of aliphatic hydroxyl groups excluding tert-OH is 1. The number of carbonyl (C=O) groups is 1. The first-order chi connectivity index (χ1) is 13.5. The van der Waals surface area contributed by atoms with E-state index in [0.29, 0.717) is 0 Å². The summed E-state index contributed by atoms with van der Waals surface area (Å²) in [6.07, 6.45) is -0.803. The van der Waals surface area contributed by atoms with E-state index < -0.39 is 6.10 Å². The maximum atomic E-state index is 12.6. The molecule has 0 fully saturated rings. The van der Waals surface area contributed by atoms with Gasteiger partial charge in [0.1, 0.15) is 18.5 Å². The number of rotatable bonds is 7. The maximum Gasteiger partial charge on any atom is 0.322 e. The van der Waals surface area contributed by atoms with E-state index in [1.165, 1.54) is 0 Å². The van der Waals surface area contributed by atoms with Crippen molar-refractivity contribution in [3.63, 3.8) is 0 Å². The number of aliphatic hydroxyl groups is 1. The van der Waals surface area contributed by atoms with Gasteiger partial charge in [0, 0.05) is 17.1 Å². The molecule has 0 aliphatic rings. The summed E-state index contributed by atoms with van der Waals surface area (Å²) in [5, 5.41) is 15.4. The third-order valence-corrected chi connectivity index (χ3v) is 4.50. The largest absolute Gasteiger partial charge is 0.490 e. The molecular formula is C23H26N2O3. The minimum Gasteiger partial charge on any atom is -0.490 e. The molecule has 0 bridgehead atoms. The van der Waals surface area contributed by atoms with Crippen molar-refractivity contribution in [2.75, 3.05) is 18.5 Å². The van der Waals surface area contributed by atoms with Crippen molar-refractivity contribution in [3.05, 3.63) is 72.8 Å². The quantitative estimate of drug-likeness (QED) is 0.635. The molecule has 0 heterocycles. The number of benzene rings is 3. The Balaban J connectivity index is 1.61. The topological polar surface area (TPSA) is 61.8 Å². The van der Waals surface area contributed by atoms with Crippen LogP contribution in [0.25, 0.3) is 10.8 Å². The van der Waals surface area contributed by atoms with E-state index >= 15 is 0 Å². The summed E-state index contributed by atoms with van der Waals surface area (Å²) in [4.78, 5) is 14.2. The number of para-hydroxylation sites is 1. The number of hydrogen-bond donors (Lipinski definition) is 2. The summed E-state index contributed by atoms with van der Waals surface area (Å²) in [6.45, 7) is 4.13. The highest BCUT2D eigenvalue weighted by atomic mass is 16.5. The van der Waals surface area contributed by atoms with Crippen LogP contribution < -0.4 is 10.1 Å². The van der Waals surface area contributed by atoms with E-state index in [-0.39, 0.29) is 25.2 Å². The van der Waals surface area contributed by atoms with Crippen molar-refractivity contribution in [2.45, 2.75) is 26.0 Å². The first kappa shape index (κ1) is 19.7. The molecule has 2 N–H and O–H groups in total. The third kappa shape index (κ3) is 5.02. The van der Waals surface area contributed by atoms with Gasteiger partial charge in [-0.15, -0.1) is 0 Å². The zero-order chi connectivity index (χ0) is 19.9. The molecule has 0 aliphatic heterocycles. The highest BCUT2D eigenvalue weighted by Gasteiger charge is 2.21. The lowest BCUT2D eigenvalue weighted by Crippen LogP contribution is -2.45. The second-order valence-corrected chi connectivity index (χ2v) is 6.98. The average molecular weight is 378 g/mol. The molecule has 0 aliphatic carbocycles. The van der Waals surface area contributed by atoms with Crippen LogP contribution in [0.15, 0.2) is 72.8 Å². The van der Waals surface area contributed by atoms with Crippen LogP contribution >= 0.6 is 0 Å². The Morgan fingerprint density at radius 3 is 2.43 bits per heavy atom. The number of anilines is 1. The summed E-state index contributed by atoms with van der Waals surface area (Å²) in [5.41, 5.74) is 0.722. The van der Waals surface area contributed by atoms with Gasteiger partial charge in [-0.1, -0.05) is 54.6 Å². The van der Waals surface area contributed by atoms with Gasteiger partial charge in [0.05, 0.1) is 6.54 Å². The summed E-state index contributed by atoms with van der Waals surface area (Å²) in [5.74, 6) is 0.724. The zero-order valence-electron chi connectivity index (χ0n) is 16.2. The van der Waals surface area contributed by atoms with Gasteiger partial charge >= 0.3 is 6.03 Å². The molecule has 5 heteroatoms. The van der Waals surface area contributed by atoms with Gasteiger partial charge in [-0.2, -0.15) is 0 Å². The first-order valence-corrected chi connectivity index (χ1v) is 9.46. The molecule has 0 saturated heterocycles. The minimum absolute atomic E-state index is 0.0593.